The molecule has 0 saturated heterocycles. The molecule has 0 bridgehead atoms. The molecule has 1 N–H and O–H groups in total. The number of aryl methyl sites for hydroxylation is 1. The minimum atomic E-state index is -1.09. The predicted molar refractivity (Wildman–Crippen MR) is 76.7 cm³/mol. The van der Waals surface area contributed by atoms with Crippen LogP contribution < -0.4 is 0 Å². The molecular formula is C16H14ClFO2. The molecule has 0 radical (unpaired) electrons. The van der Waals surface area contributed by atoms with Crippen molar-refractivity contribution in [2.75, 3.05) is 0 Å². The second-order valence-corrected chi connectivity index (χ2v) is 5.12. The zero-order valence-electron chi connectivity index (χ0n) is 10.9. The maximum Gasteiger partial charge on any atom is 0.311 e. The van der Waals surface area contributed by atoms with Gasteiger partial charge in [-0.25, -0.2) is 4.39 Å². The zero-order valence-corrected chi connectivity index (χ0v) is 11.7. The van der Waals surface area contributed by atoms with Gasteiger partial charge in [0.1, 0.15) is 5.82 Å². The lowest BCUT2D eigenvalue weighted by atomic mass is 9.91. The first-order valence-corrected chi connectivity index (χ1v) is 6.59. The number of carboxylic acid groups (broad SMARTS) is 1. The van der Waals surface area contributed by atoms with Crippen LogP contribution in [-0.4, -0.2) is 11.1 Å². The van der Waals surface area contributed by atoms with Gasteiger partial charge in [0.25, 0.3) is 0 Å². The second-order valence-electron chi connectivity index (χ2n) is 4.72. The molecule has 0 heterocycles. The Hall–Kier alpha value is -1.87. The van der Waals surface area contributed by atoms with Crippen molar-refractivity contribution in [2.45, 2.75) is 19.3 Å². The van der Waals surface area contributed by atoms with Crippen LogP contribution in [0.15, 0.2) is 42.5 Å². The number of halogens is 2. The van der Waals surface area contributed by atoms with Gasteiger partial charge in [0.15, 0.2) is 0 Å². The first-order chi connectivity index (χ1) is 9.49. The van der Waals surface area contributed by atoms with Crippen molar-refractivity contribution in [1.29, 1.82) is 0 Å². The molecule has 0 aliphatic heterocycles. The molecule has 20 heavy (non-hydrogen) atoms. The van der Waals surface area contributed by atoms with E-state index in [4.69, 9.17) is 11.6 Å². The first-order valence-electron chi connectivity index (χ1n) is 6.21. The molecule has 0 aliphatic rings. The Labute approximate surface area is 121 Å². The second kappa shape index (κ2) is 6.06. The Morgan fingerprint density at radius 1 is 1.25 bits per heavy atom. The molecule has 0 aliphatic carbocycles. The van der Waals surface area contributed by atoms with Crippen LogP contribution in [-0.2, 0) is 11.2 Å². The lowest BCUT2D eigenvalue weighted by Crippen LogP contribution is -2.16. The van der Waals surface area contributed by atoms with Crippen molar-refractivity contribution in [2.24, 2.45) is 0 Å². The van der Waals surface area contributed by atoms with E-state index in [9.17, 15) is 14.3 Å². The highest BCUT2D eigenvalue weighted by atomic mass is 35.5. The van der Waals surface area contributed by atoms with E-state index in [0.717, 1.165) is 11.1 Å². The summed E-state index contributed by atoms with van der Waals surface area (Å²) >= 11 is 5.96. The summed E-state index contributed by atoms with van der Waals surface area (Å²) in [5, 5.41) is 9.51. The van der Waals surface area contributed by atoms with Crippen molar-refractivity contribution < 1.29 is 14.3 Å². The van der Waals surface area contributed by atoms with Crippen LogP contribution in [0, 0.1) is 12.7 Å². The summed E-state index contributed by atoms with van der Waals surface area (Å²) in [5.74, 6) is -2.67. The van der Waals surface area contributed by atoms with E-state index >= 15 is 0 Å². The topological polar surface area (TPSA) is 37.3 Å². The fourth-order valence-corrected chi connectivity index (χ4v) is 2.41. The number of benzene rings is 2. The Morgan fingerprint density at radius 3 is 2.45 bits per heavy atom. The van der Waals surface area contributed by atoms with Gasteiger partial charge in [0, 0.05) is 10.6 Å². The average molecular weight is 293 g/mol. The summed E-state index contributed by atoms with van der Waals surface area (Å²) in [7, 11) is 0. The van der Waals surface area contributed by atoms with Crippen LogP contribution in [0.2, 0.25) is 5.02 Å². The molecule has 2 aromatic carbocycles. The molecular weight excluding hydrogens is 279 g/mol. The third-order valence-corrected chi connectivity index (χ3v) is 3.54. The average Bonchev–Trinajstić information content (AvgIpc) is 2.39. The normalized spacial score (nSPS) is 12.2. The highest BCUT2D eigenvalue weighted by molar-refractivity contribution is 6.31. The van der Waals surface area contributed by atoms with Gasteiger partial charge < -0.3 is 5.11 Å². The summed E-state index contributed by atoms with van der Waals surface area (Å²) in [6.45, 7) is 1.95. The minimum absolute atomic E-state index is 0.0437. The van der Waals surface area contributed by atoms with Crippen molar-refractivity contribution in [3.05, 3.63) is 70.0 Å². The molecule has 0 spiro atoms. The molecule has 2 aromatic rings. The van der Waals surface area contributed by atoms with Crippen LogP contribution in [0.1, 0.15) is 22.6 Å². The van der Waals surface area contributed by atoms with Crippen LogP contribution >= 0.6 is 11.6 Å². The monoisotopic (exact) mass is 292 g/mol. The molecule has 0 fully saturated rings. The van der Waals surface area contributed by atoms with Gasteiger partial charge in [-0.15, -0.1) is 0 Å². The van der Waals surface area contributed by atoms with Gasteiger partial charge in [-0.2, -0.15) is 0 Å². The van der Waals surface area contributed by atoms with E-state index in [1.807, 2.05) is 31.2 Å². The van der Waals surface area contributed by atoms with E-state index in [1.165, 1.54) is 18.2 Å². The lowest BCUT2D eigenvalue weighted by molar-refractivity contribution is -0.138. The van der Waals surface area contributed by atoms with E-state index in [0.29, 0.717) is 0 Å². The summed E-state index contributed by atoms with van der Waals surface area (Å²) in [6.07, 6.45) is 0.205. The van der Waals surface area contributed by atoms with Crippen molar-refractivity contribution in [3.63, 3.8) is 0 Å². The largest absolute Gasteiger partial charge is 0.481 e. The predicted octanol–water partition coefficient (Wildman–Crippen LogP) is 4.20. The summed E-state index contributed by atoms with van der Waals surface area (Å²) in [4.78, 5) is 11.5. The third-order valence-electron chi connectivity index (χ3n) is 3.21. The third kappa shape index (κ3) is 3.17. The van der Waals surface area contributed by atoms with Gasteiger partial charge in [-0.1, -0.05) is 47.5 Å². The fourth-order valence-electron chi connectivity index (χ4n) is 2.12. The van der Waals surface area contributed by atoms with Crippen LogP contribution in [0.25, 0.3) is 0 Å². The molecule has 1 atom stereocenters. The van der Waals surface area contributed by atoms with Crippen molar-refractivity contribution >= 4 is 17.6 Å². The molecule has 0 saturated carbocycles. The summed E-state index contributed by atoms with van der Waals surface area (Å²) in [6, 6.07) is 11.7. The SMILES string of the molecule is Cc1ccc(CC(C(=O)O)c2c(F)cccc2Cl)cc1. The molecule has 1 unspecified atom stereocenters. The van der Waals surface area contributed by atoms with E-state index < -0.39 is 17.7 Å². The fraction of sp³-hybridized carbons (Fsp3) is 0.188. The van der Waals surface area contributed by atoms with Crippen molar-refractivity contribution in [3.8, 4) is 0 Å². The van der Waals surface area contributed by atoms with Gasteiger partial charge >= 0.3 is 5.97 Å². The first kappa shape index (κ1) is 14.5. The Balaban J connectivity index is 2.37. The van der Waals surface area contributed by atoms with Crippen LogP contribution in [0.4, 0.5) is 4.39 Å². The Kier molecular flexibility index (Phi) is 4.40. The summed E-state index contributed by atoms with van der Waals surface area (Å²) < 4.78 is 13.9. The maximum absolute atomic E-state index is 13.9. The Morgan fingerprint density at radius 2 is 1.90 bits per heavy atom. The van der Waals surface area contributed by atoms with E-state index in [2.05, 4.69) is 0 Å². The summed E-state index contributed by atoms with van der Waals surface area (Å²) in [5.41, 5.74) is 1.97. The van der Waals surface area contributed by atoms with Gasteiger partial charge in [-0.3, -0.25) is 4.79 Å². The number of hydrogen-bond acceptors (Lipinski definition) is 1. The van der Waals surface area contributed by atoms with Crippen LogP contribution in [0.5, 0.6) is 0 Å². The number of carboxylic acids is 1. The lowest BCUT2D eigenvalue weighted by Gasteiger charge is -2.15. The van der Waals surface area contributed by atoms with Crippen molar-refractivity contribution in [1.82, 2.24) is 0 Å². The van der Waals surface area contributed by atoms with E-state index in [1.54, 1.807) is 0 Å². The van der Waals surface area contributed by atoms with Gasteiger partial charge in [0.2, 0.25) is 0 Å². The van der Waals surface area contributed by atoms with Crippen LogP contribution in [0.3, 0.4) is 0 Å². The zero-order chi connectivity index (χ0) is 14.7. The number of carbonyl (C=O) groups is 1. The number of aliphatic carboxylic acids is 1. The highest BCUT2D eigenvalue weighted by Crippen LogP contribution is 2.30. The molecule has 2 nitrogen and oxygen atoms in total. The molecule has 104 valence electrons. The molecule has 2 rings (SSSR count). The molecule has 0 amide bonds. The number of rotatable bonds is 4. The van der Waals surface area contributed by atoms with Gasteiger partial charge in [0.05, 0.1) is 5.92 Å². The smallest absolute Gasteiger partial charge is 0.311 e. The molecule has 4 heteroatoms. The maximum atomic E-state index is 13.9. The molecule has 0 aromatic heterocycles. The van der Waals surface area contributed by atoms with E-state index in [-0.39, 0.29) is 17.0 Å². The highest BCUT2D eigenvalue weighted by Gasteiger charge is 2.25. The quantitative estimate of drug-likeness (QED) is 0.917. The minimum Gasteiger partial charge on any atom is -0.481 e. The Bertz CT molecular complexity index is 603. The number of hydrogen-bond donors (Lipinski definition) is 1. The standard InChI is InChI=1S/C16H14ClFO2/c1-10-5-7-11(8-6-10)9-12(16(19)20)15-13(17)3-2-4-14(15)18/h2-8,12H,9H2,1H3,(H,19,20). The van der Waals surface area contributed by atoms with Gasteiger partial charge in [-0.05, 0) is 31.0 Å².